The van der Waals surface area contributed by atoms with Gasteiger partial charge in [-0.25, -0.2) is 0 Å². The van der Waals surface area contributed by atoms with E-state index in [0.29, 0.717) is 19.0 Å². The van der Waals surface area contributed by atoms with E-state index in [1.807, 2.05) is 11.0 Å². The van der Waals surface area contributed by atoms with Gasteiger partial charge >= 0.3 is 0 Å². The van der Waals surface area contributed by atoms with Crippen molar-refractivity contribution in [1.82, 2.24) is 14.4 Å². The van der Waals surface area contributed by atoms with E-state index in [9.17, 15) is 9.59 Å². The topological polar surface area (TPSA) is 45.6 Å². The predicted molar refractivity (Wildman–Crippen MR) is 133 cm³/mol. The van der Waals surface area contributed by atoms with Gasteiger partial charge in [0.15, 0.2) is 0 Å². The summed E-state index contributed by atoms with van der Waals surface area (Å²) in [5.41, 5.74) is 5.72. The molecule has 2 fully saturated rings. The zero-order valence-corrected chi connectivity index (χ0v) is 20.3. The number of rotatable bonds is 4. The van der Waals surface area contributed by atoms with Gasteiger partial charge in [0, 0.05) is 55.2 Å². The summed E-state index contributed by atoms with van der Waals surface area (Å²) in [7, 11) is 0. The molecule has 4 rings (SSSR count). The second-order valence-electron chi connectivity index (χ2n) is 9.67. The van der Waals surface area contributed by atoms with Crippen LogP contribution in [0, 0.1) is 26.7 Å². The molecule has 0 bridgehead atoms. The quantitative estimate of drug-likeness (QED) is 0.615. The van der Waals surface area contributed by atoms with Crippen molar-refractivity contribution >= 4 is 17.9 Å². The molecular formula is C28H37N3O2. The van der Waals surface area contributed by atoms with Crippen LogP contribution in [-0.2, 0) is 9.59 Å². The molecule has 2 aliphatic heterocycles. The Morgan fingerprint density at radius 1 is 0.848 bits per heavy atom. The van der Waals surface area contributed by atoms with Crippen LogP contribution in [0.25, 0.3) is 11.8 Å². The SMILES string of the molecule is Cc1ccc(-n2c(C)cc(/C=C/C(=O)N3CCC(C(=O)N4CCCCCC4)CC3)c2C)cc1. The van der Waals surface area contributed by atoms with Gasteiger partial charge in [-0.1, -0.05) is 30.5 Å². The van der Waals surface area contributed by atoms with Crippen LogP contribution in [0.3, 0.4) is 0 Å². The molecule has 1 aromatic heterocycles. The van der Waals surface area contributed by atoms with Gasteiger partial charge in [0.1, 0.15) is 0 Å². The monoisotopic (exact) mass is 447 g/mol. The number of aryl methyl sites for hydroxylation is 2. The summed E-state index contributed by atoms with van der Waals surface area (Å²) >= 11 is 0. The molecular weight excluding hydrogens is 410 g/mol. The van der Waals surface area contributed by atoms with Gasteiger partial charge in [-0.05, 0) is 76.3 Å². The minimum Gasteiger partial charge on any atom is -0.342 e. The van der Waals surface area contributed by atoms with E-state index in [0.717, 1.165) is 61.4 Å². The van der Waals surface area contributed by atoms with Crippen LogP contribution in [-0.4, -0.2) is 52.4 Å². The fraction of sp³-hybridized carbons (Fsp3) is 0.500. The van der Waals surface area contributed by atoms with E-state index in [2.05, 4.69) is 60.6 Å². The molecule has 5 heteroatoms. The predicted octanol–water partition coefficient (Wildman–Crippen LogP) is 5.06. The van der Waals surface area contributed by atoms with Gasteiger partial charge in [-0.15, -0.1) is 0 Å². The maximum absolute atomic E-state index is 12.9. The maximum Gasteiger partial charge on any atom is 0.246 e. The van der Waals surface area contributed by atoms with Crippen molar-refractivity contribution in [2.24, 2.45) is 5.92 Å². The number of hydrogen-bond donors (Lipinski definition) is 0. The Labute approximate surface area is 198 Å². The van der Waals surface area contributed by atoms with E-state index in [1.54, 1.807) is 6.08 Å². The Morgan fingerprint density at radius 2 is 1.48 bits per heavy atom. The zero-order chi connectivity index (χ0) is 23.4. The molecule has 0 aliphatic carbocycles. The van der Waals surface area contributed by atoms with Gasteiger partial charge in [0.05, 0.1) is 0 Å². The van der Waals surface area contributed by atoms with E-state index in [1.165, 1.54) is 18.4 Å². The first-order valence-electron chi connectivity index (χ1n) is 12.5. The molecule has 3 heterocycles. The average Bonchev–Trinajstić information content (AvgIpc) is 3.00. The summed E-state index contributed by atoms with van der Waals surface area (Å²) in [5.74, 6) is 0.420. The summed E-state index contributed by atoms with van der Waals surface area (Å²) < 4.78 is 2.23. The number of amides is 2. The molecule has 2 saturated heterocycles. The summed E-state index contributed by atoms with van der Waals surface area (Å²) in [6.07, 6.45) is 9.89. The van der Waals surface area contributed by atoms with E-state index >= 15 is 0 Å². The fourth-order valence-corrected chi connectivity index (χ4v) is 5.21. The van der Waals surface area contributed by atoms with Crippen molar-refractivity contribution in [3.05, 3.63) is 58.9 Å². The molecule has 33 heavy (non-hydrogen) atoms. The molecule has 0 spiro atoms. The second-order valence-corrected chi connectivity index (χ2v) is 9.67. The summed E-state index contributed by atoms with van der Waals surface area (Å²) in [6, 6.07) is 10.6. The number of nitrogens with zero attached hydrogens (tertiary/aromatic N) is 3. The molecule has 2 aromatic rings. The van der Waals surface area contributed by atoms with Crippen LogP contribution in [0.4, 0.5) is 0 Å². The molecule has 1 aromatic carbocycles. The molecule has 0 N–H and O–H groups in total. The molecule has 0 saturated carbocycles. The maximum atomic E-state index is 12.9. The third kappa shape index (κ3) is 5.40. The lowest BCUT2D eigenvalue weighted by molar-refractivity contribution is -0.139. The van der Waals surface area contributed by atoms with E-state index < -0.39 is 0 Å². The van der Waals surface area contributed by atoms with E-state index in [-0.39, 0.29) is 11.8 Å². The van der Waals surface area contributed by atoms with Crippen LogP contribution in [0.15, 0.2) is 36.4 Å². The van der Waals surface area contributed by atoms with Gasteiger partial charge in [-0.2, -0.15) is 0 Å². The molecule has 0 unspecified atom stereocenters. The first-order valence-corrected chi connectivity index (χ1v) is 12.5. The molecule has 176 valence electrons. The Bertz CT molecular complexity index is 1000. The normalized spacial score (nSPS) is 18.0. The van der Waals surface area contributed by atoms with Crippen LogP contribution >= 0.6 is 0 Å². The number of hydrogen-bond acceptors (Lipinski definition) is 2. The molecule has 5 nitrogen and oxygen atoms in total. The van der Waals surface area contributed by atoms with Crippen LogP contribution in [0.1, 0.15) is 61.0 Å². The highest BCUT2D eigenvalue weighted by molar-refractivity contribution is 5.92. The lowest BCUT2D eigenvalue weighted by Gasteiger charge is -2.33. The van der Waals surface area contributed by atoms with Crippen molar-refractivity contribution in [2.75, 3.05) is 26.2 Å². The lowest BCUT2D eigenvalue weighted by atomic mass is 9.95. The second kappa shape index (κ2) is 10.4. The van der Waals surface area contributed by atoms with Crippen LogP contribution in [0.5, 0.6) is 0 Å². The number of piperidine rings is 1. The van der Waals surface area contributed by atoms with Crippen LogP contribution in [0.2, 0.25) is 0 Å². The van der Waals surface area contributed by atoms with Gasteiger partial charge in [-0.3, -0.25) is 9.59 Å². The number of carbonyl (C=O) groups is 2. The standard InChI is InChI=1S/C28H37N3O2/c1-21-8-11-26(12-9-21)31-22(2)20-25(23(31)3)10-13-27(32)29-18-14-24(15-19-29)28(33)30-16-6-4-5-7-17-30/h8-13,20,24H,4-7,14-19H2,1-3H3/b13-10+. The highest BCUT2D eigenvalue weighted by Gasteiger charge is 2.29. The minimum absolute atomic E-state index is 0.0378. The van der Waals surface area contributed by atoms with Gasteiger partial charge in [0.25, 0.3) is 0 Å². The first-order chi connectivity index (χ1) is 15.9. The fourth-order valence-electron chi connectivity index (χ4n) is 5.21. The van der Waals surface area contributed by atoms with Crippen molar-refractivity contribution in [3.8, 4) is 5.69 Å². The largest absolute Gasteiger partial charge is 0.342 e. The van der Waals surface area contributed by atoms with Gasteiger partial charge < -0.3 is 14.4 Å². The van der Waals surface area contributed by atoms with Crippen LogP contribution < -0.4 is 0 Å². The van der Waals surface area contributed by atoms with Crippen molar-refractivity contribution in [1.29, 1.82) is 0 Å². The molecule has 2 aliphatic rings. The highest BCUT2D eigenvalue weighted by Crippen LogP contribution is 2.24. The third-order valence-electron chi connectivity index (χ3n) is 7.24. The molecule has 0 atom stereocenters. The summed E-state index contributed by atoms with van der Waals surface area (Å²) in [4.78, 5) is 29.7. The third-order valence-corrected chi connectivity index (χ3v) is 7.24. The minimum atomic E-state index is 0.0378. The Kier molecular flexibility index (Phi) is 7.36. The molecule has 2 amide bonds. The number of benzene rings is 1. The Hall–Kier alpha value is -2.82. The number of likely N-dealkylation sites (tertiary alicyclic amines) is 2. The smallest absolute Gasteiger partial charge is 0.246 e. The average molecular weight is 448 g/mol. The number of aromatic nitrogens is 1. The Morgan fingerprint density at radius 3 is 2.12 bits per heavy atom. The lowest BCUT2D eigenvalue weighted by Crippen LogP contribution is -2.44. The van der Waals surface area contributed by atoms with E-state index in [4.69, 9.17) is 0 Å². The molecule has 0 radical (unpaired) electrons. The van der Waals surface area contributed by atoms with Crippen molar-refractivity contribution in [3.63, 3.8) is 0 Å². The van der Waals surface area contributed by atoms with Gasteiger partial charge in [0.2, 0.25) is 11.8 Å². The summed E-state index contributed by atoms with van der Waals surface area (Å²) in [5, 5.41) is 0. The Balaban J connectivity index is 1.35. The van der Waals surface area contributed by atoms with Crippen molar-refractivity contribution in [2.45, 2.75) is 59.3 Å². The summed E-state index contributed by atoms with van der Waals surface area (Å²) in [6.45, 7) is 9.41. The zero-order valence-electron chi connectivity index (χ0n) is 20.3. The first kappa shape index (κ1) is 23.3. The van der Waals surface area contributed by atoms with Crippen molar-refractivity contribution < 1.29 is 9.59 Å². The number of carbonyl (C=O) groups excluding carboxylic acids is 2. The highest BCUT2D eigenvalue weighted by atomic mass is 16.2.